The molecule has 0 aliphatic carbocycles. The first-order valence-electron chi connectivity index (χ1n) is 7.99. The largest absolute Gasteiger partial charge is 0.459 e. The van der Waals surface area contributed by atoms with Crippen LogP contribution in [0.25, 0.3) is 11.3 Å². The van der Waals surface area contributed by atoms with Gasteiger partial charge < -0.3 is 15.4 Å². The molecule has 2 rings (SSSR count). The Kier molecular flexibility index (Phi) is 7.61. The molecule has 0 fully saturated rings. The highest BCUT2D eigenvalue weighted by Crippen LogP contribution is 2.37. The van der Waals surface area contributed by atoms with E-state index in [1.165, 1.54) is 23.1 Å². The van der Waals surface area contributed by atoms with E-state index >= 15 is 0 Å². The van der Waals surface area contributed by atoms with E-state index in [2.05, 4.69) is 15.6 Å². The molecule has 2 amide bonds. The van der Waals surface area contributed by atoms with Gasteiger partial charge in [-0.1, -0.05) is 53.4 Å². The van der Waals surface area contributed by atoms with E-state index in [0.29, 0.717) is 21.6 Å². The molecule has 0 saturated heterocycles. The number of ether oxygens (including phenoxy) is 1. The first kappa shape index (κ1) is 19.9. The molecule has 7 nitrogen and oxygen atoms in total. The van der Waals surface area contributed by atoms with Crippen LogP contribution < -0.4 is 10.6 Å². The average molecular weight is 393 g/mol. The van der Waals surface area contributed by atoms with Crippen LogP contribution in [0.3, 0.4) is 0 Å². The van der Waals surface area contributed by atoms with Crippen molar-refractivity contribution in [3.8, 4) is 11.3 Å². The van der Waals surface area contributed by atoms with Crippen molar-refractivity contribution < 1.29 is 19.1 Å². The maximum absolute atomic E-state index is 12.0. The summed E-state index contributed by atoms with van der Waals surface area (Å²) in [5.41, 5.74) is 1.35. The summed E-state index contributed by atoms with van der Waals surface area (Å²) in [6, 6.07) is 9.29. The van der Waals surface area contributed by atoms with Gasteiger partial charge >= 0.3 is 11.9 Å². The van der Waals surface area contributed by atoms with Crippen molar-refractivity contribution in [1.82, 2.24) is 10.3 Å². The van der Waals surface area contributed by atoms with Crippen LogP contribution in [0, 0.1) is 0 Å². The van der Waals surface area contributed by atoms with E-state index in [9.17, 15) is 14.4 Å². The molecule has 1 heterocycles. The molecule has 0 atom stereocenters. The predicted molar refractivity (Wildman–Crippen MR) is 102 cm³/mol. The van der Waals surface area contributed by atoms with Crippen LogP contribution in [0.2, 0.25) is 0 Å². The van der Waals surface area contributed by atoms with Crippen molar-refractivity contribution in [2.24, 2.45) is 0 Å². The second kappa shape index (κ2) is 9.93. The lowest BCUT2D eigenvalue weighted by Crippen LogP contribution is -2.24. The van der Waals surface area contributed by atoms with Gasteiger partial charge in [0.05, 0.1) is 12.4 Å². The maximum Gasteiger partial charge on any atom is 0.397 e. The van der Waals surface area contributed by atoms with Gasteiger partial charge in [0, 0.05) is 12.1 Å². The molecule has 0 spiro atoms. The Balaban J connectivity index is 2.22. The number of amides is 2. The fourth-order valence-electron chi connectivity index (χ4n) is 1.96. The summed E-state index contributed by atoms with van der Waals surface area (Å²) >= 11 is 2.48. The molecule has 1 aromatic heterocycles. The number of benzene rings is 1. The number of hydrogen-bond acceptors (Lipinski definition) is 7. The Morgan fingerprint density at radius 1 is 1.19 bits per heavy atom. The number of rotatable bonds is 7. The summed E-state index contributed by atoms with van der Waals surface area (Å²) in [6.45, 7) is 4.16. The monoisotopic (exact) mass is 393 g/mol. The predicted octanol–water partition coefficient (Wildman–Crippen LogP) is 2.54. The SMILES string of the molecule is CCNC(=O)CSc1nc(-c2ccccc2)c(NC(=O)C(=O)OCC)s1. The Morgan fingerprint density at radius 2 is 1.92 bits per heavy atom. The quantitative estimate of drug-likeness (QED) is 0.426. The van der Waals surface area contributed by atoms with Crippen molar-refractivity contribution in [2.45, 2.75) is 18.2 Å². The van der Waals surface area contributed by atoms with Crippen LogP contribution in [0.15, 0.2) is 34.7 Å². The second-order valence-electron chi connectivity index (χ2n) is 4.94. The maximum atomic E-state index is 12.0. The zero-order valence-corrected chi connectivity index (χ0v) is 16.0. The van der Waals surface area contributed by atoms with Gasteiger partial charge in [-0.2, -0.15) is 0 Å². The molecule has 2 N–H and O–H groups in total. The number of hydrogen-bond donors (Lipinski definition) is 2. The fourth-order valence-corrected chi connectivity index (χ4v) is 3.86. The highest BCUT2D eigenvalue weighted by molar-refractivity contribution is 8.01. The zero-order valence-electron chi connectivity index (χ0n) is 14.4. The first-order valence-corrected chi connectivity index (χ1v) is 9.79. The van der Waals surface area contributed by atoms with Gasteiger partial charge in [0.1, 0.15) is 10.7 Å². The number of esters is 1. The molecular weight excluding hydrogens is 374 g/mol. The second-order valence-corrected chi connectivity index (χ2v) is 7.16. The smallest absolute Gasteiger partial charge is 0.397 e. The number of aromatic nitrogens is 1. The summed E-state index contributed by atoms with van der Waals surface area (Å²) in [7, 11) is 0. The lowest BCUT2D eigenvalue weighted by atomic mass is 10.2. The molecule has 0 saturated carbocycles. The lowest BCUT2D eigenvalue weighted by molar-refractivity contribution is -0.152. The molecule has 9 heteroatoms. The zero-order chi connectivity index (χ0) is 18.9. The summed E-state index contributed by atoms with van der Waals surface area (Å²) in [4.78, 5) is 39.7. The van der Waals surface area contributed by atoms with Gasteiger partial charge in [-0.05, 0) is 13.8 Å². The Morgan fingerprint density at radius 3 is 2.58 bits per heavy atom. The third-order valence-corrected chi connectivity index (χ3v) is 5.16. The summed E-state index contributed by atoms with van der Waals surface area (Å²) in [6.07, 6.45) is 0. The molecule has 0 radical (unpaired) electrons. The van der Waals surface area contributed by atoms with Crippen molar-refractivity contribution in [2.75, 3.05) is 24.2 Å². The van der Waals surface area contributed by atoms with Crippen LogP contribution in [0.4, 0.5) is 5.00 Å². The van der Waals surface area contributed by atoms with Gasteiger partial charge in [0.2, 0.25) is 5.91 Å². The molecule has 0 aliphatic rings. The standard InChI is InChI=1S/C17H19N3O4S2/c1-3-18-12(21)10-25-17-19-13(11-8-6-5-7-9-11)15(26-17)20-14(22)16(23)24-4-2/h5-9H,3-4,10H2,1-2H3,(H,18,21)(H,20,22). The van der Waals surface area contributed by atoms with Crippen molar-refractivity contribution in [3.63, 3.8) is 0 Å². The molecule has 0 aliphatic heterocycles. The minimum Gasteiger partial charge on any atom is -0.459 e. The minimum atomic E-state index is -0.948. The van der Waals surface area contributed by atoms with Gasteiger partial charge in [-0.3, -0.25) is 9.59 Å². The number of anilines is 1. The number of nitrogens with one attached hydrogen (secondary N) is 2. The van der Waals surface area contributed by atoms with Gasteiger partial charge in [0.25, 0.3) is 0 Å². The van der Waals surface area contributed by atoms with Crippen molar-refractivity contribution in [1.29, 1.82) is 0 Å². The third kappa shape index (κ3) is 5.57. The Hall–Kier alpha value is -2.39. The minimum absolute atomic E-state index is 0.0916. The van der Waals surface area contributed by atoms with Crippen LogP contribution in [0.1, 0.15) is 13.8 Å². The third-order valence-electron chi connectivity index (χ3n) is 3.04. The number of nitrogens with zero attached hydrogens (tertiary/aromatic N) is 1. The summed E-state index contributed by atoms with van der Waals surface area (Å²) in [5, 5.41) is 5.71. The first-order chi connectivity index (χ1) is 12.5. The molecule has 0 unspecified atom stereocenters. The molecule has 2 aromatic rings. The normalized spacial score (nSPS) is 10.2. The molecule has 1 aromatic carbocycles. The number of thiazole rings is 1. The van der Waals surface area contributed by atoms with E-state index in [1.54, 1.807) is 6.92 Å². The van der Waals surface area contributed by atoms with E-state index in [0.717, 1.165) is 5.56 Å². The number of carbonyl (C=O) groups excluding carboxylic acids is 3. The van der Waals surface area contributed by atoms with Crippen molar-refractivity contribution in [3.05, 3.63) is 30.3 Å². The van der Waals surface area contributed by atoms with Crippen LogP contribution >= 0.6 is 23.1 Å². The Labute approximate surface area is 159 Å². The van der Waals surface area contributed by atoms with Crippen molar-refractivity contribution >= 4 is 45.9 Å². The molecule has 0 bridgehead atoms. The van der Waals surface area contributed by atoms with E-state index in [-0.39, 0.29) is 18.3 Å². The Bertz CT molecular complexity index is 778. The van der Waals surface area contributed by atoms with Gasteiger partial charge in [0.15, 0.2) is 4.34 Å². The highest BCUT2D eigenvalue weighted by Gasteiger charge is 2.21. The van der Waals surface area contributed by atoms with Gasteiger partial charge in [-0.15, -0.1) is 0 Å². The highest BCUT2D eigenvalue weighted by atomic mass is 32.2. The molecule has 26 heavy (non-hydrogen) atoms. The van der Waals surface area contributed by atoms with E-state index < -0.39 is 11.9 Å². The average Bonchev–Trinajstić information content (AvgIpc) is 3.04. The lowest BCUT2D eigenvalue weighted by Gasteiger charge is -2.04. The topological polar surface area (TPSA) is 97.4 Å². The van der Waals surface area contributed by atoms with Gasteiger partial charge in [-0.25, -0.2) is 9.78 Å². The number of thioether (sulfide) groups is 1. The van der Waals surface area contributed by atoms with E-state index in [4.69, 9.17) is 4.74 Å². The van der Waals surface area contributed by atoms with Crippen LogP contribution in [0.5, 0.6) is 0 Å². The van der Waals surface area contributed by atoms with E-state index in [1.807, 2.05) is 37.3 Å². The summed E-state index contributed by atoms with van der Waals surface area (Å²) in [5.74, 6) is -1.67. The molecule has 138 valence electrons. The number of carbonyl (C=O) groups is 3. The van der Waals surface area contributed by atoms with Crippen LogP contribution in [-0.4, -0.2) is 41.7 Å². The fraction of sp³-hybridized carbons (Fsp3) is 0.294. The van der Waals surface area contributed by atoms with Crippen LogP contribution in [-0.2, 0) is 19.1 Å². The molecular formula is C17H19N3O4S2. The summed E-state index contributed by atoms with van der Waals surface area (Å²) < 4.78 is 5.33.